The number of carbonyl (C=O) groups excluding carboxylic acids is 3. The zero-order valence-electron chi connectivity index (χ0n) is 18.9. The van der Waals surface area contributed by atoms with Crippen molar-refractivity contribution in [3.8, 4) is 11.1 Å². The summed E-state index contributed by atoms with van der Waals surface area (Å²) >= 11 is 0. The first-order chi connectivity index (χ1) is 15.8. The molecule has 170 valence electrons. The van der Waals surface area contributed by atoms with Gasteiger partial charge in [-0.3, -0.25) is 19.7 Å². The van der Waals surface area contributed by atoms with E-state index in [0.29, 0.717) is 26.2 Å². The summed E-state index contributed by atoms with van der Waals surface area (Å²) in [6, 6.07) is 13.5. The van der Waals surface area contributed by atoms with Crippen LogP contribution in [-0.2, 0) is 14.4 Å². The number of hydrogen-bond acceptors (Lipinski definition) is 6. The highest BCUT2D eigenvalue weighted by molar-refractivity contribution is 5.96. The fraction of sp³-hybridized carbons (Fsp3) is 0.292. The third kappa shape index (κ3) is 5.08. The second kappa shape index (κ2) is 9.23. The molecular weight excluding hydrogens is 420 g/mol. The van der Waals surface area contributed by atoms with Crippen LogP contribution >= 0.6 is 0 Å². The summed E-state index contributed by atoms with van der Waals surface area (Å²) in [5.74, 6) is 0.689. The molecule has 3 amide bonds. The molecule has 9 nitrogen and oxygen atoms in total. The van der Waals surface area contributed by atoms with Gasteiger partial charge in [0.15, 0.2) is 0 Å². The Hall–Kier alpha value is -4.01. The van der Waals surface area contributed by atoms with Crippen LogP contribution < -0.4 is 15.5 Å². The molecule has 3 aromatic rings. The van der Waals surface area contributed by atoms with Crippen LogP contribution in [0.4, 0.5) is 17.5 Å². The Balaban J connectivity index is 1.73. The predicted octanol–water partition coefficient (Wildman–Crippen LogP) is 2.88. The number of hydrogen-bond donors (Lipinski definition) is 2. The van der Waals surface area contributed by atoms with Gasteiger partial charge in [-0.05, 0) is 35.4 Å². The number of nitrogens with one attached hydrogen (secondary N) is 2. The van der Waals surface area contributed by atoms with E-state index in [0.717, 1.165) is 33.5 Å². The molecule has 4 rings (SSSR count). The highest BCUT2D eigenvalue weighted by Gasteiger charge is 2.22. The molecule has 1 aliphatic rings. The summed E-state index contributed by atoms with van der Waals surface area (Å²) in [6.07, 6.45) is 0. The van der Waals surface area contributed by atoms with Crippen LogP contribution in [0.2, 0.25) is 0 Å². The van der Waals surface area contributed by atoms with Gasteiger partial charge in [0, 0.05) is 58.0 Å². The summed E-state index contributed by atoms with van der Waals surface area (Å²) < 4.78 is 0. The van der Waals surface area contributed by atoms with Gasteiger partial charge >= 0.3 is 0 Å². The highest BCUT2D eigenvalue weighted by atomic mass is 16.2. The summed E-state index contributed by atoms with van der Waals surface area (Å²) in [5, 5.41) is 6.32. The van der Waals surface area contributed by atoms with Crippen LogP contribution in [0.3, 0.4) is 0 Å². The lowest BCUT2D eigenvalue weighted by atomic mass is 10.0. The van der Waals surface area contributed by atoms with Crippen molar-refractivity contribution in [3.05, 3.63) is 42.5 Å². The van der Waals surface area contributed by atoms with E-state index in [9.17, 15) is 14.4 Å². The van der Waals surface area contributed by atoms with E-state index in [4.69, 9.17) is 0 Å². The number of fused-ring (bicyclic) bond motifs is 1. The maximum absolute atomic E-state index is 11.7. The normalized spacial score (nSPS) is 13.7. The Morgan fingerprint density at radius 3 is 2.03 bits per heavy atom. The SMILES string of the molecule is CC(=O)Nc1ccc(-c2ccc3nc(NC(C)=O)nc(N4CCN(C(C)=O)CC4)c3c2)cc1. The zero-order valence-corrected chi connectivity index (χ0v) is 18.9. The number of piperazine rings is 1. The molecule has 0 aliphatic carbocycles. The maximum Gasteiger partial charge on any atom is 0.231 e. The summed E-state index contributed by atoms with van der Waals surface area (Å²) in [5.41, 5.74) is 3.43. The van der Waals surface area contributed by atoms with E-state index < -0.39 is 0 Å². The molecule has 1 aliphatic heterocycles. The van der Waals surface area contributed by atoms with Gasteiger partial charge in [0.25, 0.3) is 0 Å². The van der Waals surface area contributed by atoms with Gasteiger partial charge in [-0.1, -0.05) is 18.2 Å². The minimum absolute atomic E-state index is 0.0612. The molecule has 0 saturated carbocycles. The highest BCUT2D eigenvalue weighted by Crippen LogP contribution is 2.31. The Morgan fingerprint density at radius 2 is 1.42 bits per heavy atom. The van der Waals surface area contributed by atoms with Gasteiger partial charge in [-0.15, -0.1) is 0 Å². The van der Waals surface area contributed by atoms with Gasteiger partial charge in [0.05, 0.1) is 5.52 Å². The topological polar surface area (TPSA) is 108 Å². The molecule has 0 bridgehead atoms. The van der Waals surface area contributed by atoms with Crippen LogP contribution in [0, 0.1) is 0 Å². The minimum Gasteiger partial charge on any atom is -0.352 e. The first-order valence-electron chi connectivity index (χ1n) is 10.8. The molecule has 0 radical (unpaired) electrons. The summed E-state index contributed by atoms with van der Waals surface area (Å²) in [7, 11) is 0. The number of carbonyl (C=O) groups is 3. The Bertz CT molecular complexity index is 1220. The Kier molecular flexibility index (Phi) is 6.21. The fourth-order valence-electron chi connectivity index (χ4n) is 3.93. The molecule has 2 aromatic carbocycles. The third-order valence-electron chi connectivity index (χ3n) is 5.53. The van der Waals surface area contributed by atoms with Gasteiger partial charge < -0.3 is 15.1 Å². The number of aromatic nitrogens is 2. The van der Waals surface area contributed by atoms with Gasteiger partial charge in [-0.2, -0.15) is 4.98 Å². The lowest BCUT2D eigenvalue weighted by molar-refractivity contribution is -0.129. The van der Waals surface area contributed by atoms with E-state index in [1.165, 1.54) is 13.8 Å². The molecular formula is C24H26N6O3. The molecule has 0 spiro atoms. The monoisotopic (exact) mass is 446 g/mol. The molecule has 33 heavy (non-hydrogen) atoms. The second-order valence-electron chi connectivity index (χ2n) is 8.04. The number of amides is 3. The van der Waals surface area contributed by atoms with Crippen molar-refractivity contribution in [2.24, 2.45) is 0 Å². The summed E-state index contributed by atoms with van der Waals surface area (Å²) in [6.45, 7) is 6.98. The molecule has 0 atom stereocenters. The van der Waals surface area contributed by atoms with E-state index in [2.05, 4.69) is 25.5 Å². The average molecular weight is 447 g/mol. The predicted molar refractivity (Wildman–Crippen MR) is 128 cm³/mol. The van der Waals surface area contributed by atoms with Crippen molar-refractivity contribution in [3.63, 3.8) is 0 Å². The van der Waals surface area contributed by atoms with Gasteiger partial charge in [0.1, 0.15) is 5.82 Å². The summed E-state index contributed by atoms with van der Waals surface area (Å²) in [4.78, 5) is 47.7. The number of rotatable bonds is 4. The smallest absolute Gasteiger partial charge is 0.231 e. The molecule has 1 saturated heterocycles. The molecule has 1 aromatic heterocycles. The number of anilines is 3. The maximum atomic E-state index is 11.7. The lowest BCUT2D eigenvalue weighted by Gasteiger charge is -2.35. The third-order valence-corrected chi connectivity index (χ3v) is 5.53. The van der Waals surface area contributed by atoms with Crippen molar-refractivity contribution in [2.75, 3.05) is 41.7 Å². The minimum atomic E-state index is -0.238. The zero-order chi connectivity index (χ0) is 23.5. The van der Waals surface area contributed by atoms with Crippen LogP contribution in [0.15, 0.2) is 42.5 Å². The van der Waals surface area contributed by atoms with Crippen LogP contribution in [0.1, 0.15) is 20.8 Å². The van der Waals surface area contributed by atoms with Crippen LogP contribution in [-0.4, -0.2) is 58.8 Å². The quantitative estimate of drug-likeness (QED) is 0.638. The average Bonchev–Trinajstić information content (AvgIpc) is 2.78. The van der Waals surface area contributed by atoms with Gasteiger partial charge in [0.2, 0.25) is 23.7 Å². The van der Waals surface area contributed by atoms with Crippen molar-refractivity contribution in [2.45, 2.75) is 20.8 Å². The number of benzene rings is 2. The van der Waals surface area contributed by atoms with Crippen LogP contribution in [0.25, 0.3) is 22.0 Å². The molecule has 2 N–H and O–H groups in total. The van der Waals surface area contributed by atoms with E-state index in [1.54, 1.807) is 6.92 Å². The molecule has 1 fully saturated rings. The lowest BCUT2D eigenvalue weighted by Crippen LogP contribution is -2.48. The van der Waals surface area contributed by atoms with Gasteiger partial charge in [-0.25, -0.2) is 4.98 Å². The van der Waals surface area contributed by atoms with E-state index >= 15 is 0 Å². The fourth-order valence-corrected chi connectivity index (χ4v) is 3.93. The second-order valence-corrected chi connectivity index (χ2v) is 8.04. The Labute approximate surface area is 191 Å². The standard InChI is InChI=1S/C24H26N6O3/c1-15(31)25-20-7-4-18(5-8-20)19-6-9-22-21(14-19)23(28-24(27-22)26-16(2)32)30-12-10-29(11-13-30)17(3)33/h4-9,14H,10-13H2,1-3H3,(H,25,31)(H,26,27,28,32). The van der Waals surface area contributed by atoms with Crippen molar-refractivity contribution in [1.82, 2.24) is 14.9 Å². The molecule has 9 heteroatoms. The van der Waals surface area contributed by atoms with E-state index in [1.807, 2.05) is 47.4 Å². The number of nitrogens with zero attached hydrogens (tertiary/aromatic N) is 4. The van der Waals surface area contributed by atoms with Crippen molar-refractivity contribution < 1.29 is 14.4 Å². The van der Waals surface area contributed by atoms with Crippen molar-refractivity contribution in [1.29, 1.82) is 0 Å². The first-order valence-corrected chi connectivity index (χ1v) is 10.8. The van der Waals surface area contributed by atoms with Crippen LogP contribution in [0.5, 0.6) is 0 Å². The van der Waals surface area contributed by atoms with E-state index in [-0.39, 0.29) is 23.7 Å². The first kappa shape index (κ1) is 22.2. The van der Waals surface area contributed by atoms with Crippen molar-refractivity contribution >= 4 is 46.1 Å². The molecule has 2 heterocycles. The molecule has 0 unspecified atom stereocenters. The Morgan fingerprint density at radius 1 is 0.788 bits per heavy atom. The largest absolute Gasteiger partial charge is 0.352 e.